The van der Waals surface area contributed by atoms with Gasteiger partial charge in [-0.1, -0.05) is 42.5 Å². The molecule has 2 aromatic rings. The van der Waals surface area contributed by atoms with E-state index in [9.17, 15) is 9.59 Å². The van der Waals surface area contributed by atoms with E-state index in [4.69, 9.17) is 9.47 Å². The number of carbonyl (C=O) groups excluding carboxylic acids is 2. The number of ether oxygens (including phenoxy) is 2. The van der Waals surface area contributed by atoms with Crippen molar-refractivity contribution in [1.29, 1.82) is 0 Å². The van der Waals surface area contributed by atoms with E-state index in [1.165, 1.54) is 0 Å². The normalized spacial score (nSPS) is 21.6. The first kappa shape index (κ1) is 26.7. The Morgan fingerprint density at radius 3 is 2.68 bits per heavy atom. The lowest BCUT2D eigenvalue weighted by Gasteiger charge is -2.38. The summed E-state index contributed by atoms with van der Waals surface area (Å²) >= 11 is 0. The van der Waals surface area contributed by atoms with Crippen LogP contribution in [0.15, 0.2) is 60.7 Å². The maximum atomic E-state index is 13.5. The van der Waals surface area contributed by atoms with E-state index in [0.717, 1.165) is 29.0 Å². The van der Waals surface area contributed by atoms with Gasteiger partial charge in [0.05, 0.1) is 13.7 Å². The van der Waals surface area contributed by atoms with Crippen molar-refractivity contribution in [3.63, 3.8) is 0 Å². The van der Waals surface area contributed by atoms with E-state index in [-0.39, 0.29) is 29.7 Å². The number of methoxy groups -OCH3 is 1. The first-order chi connectivity index (χ1) is 17.9. The third kappa shape index (κ3) is 7.59. The summed E-state index contributed by atoms with van der Waals surface area (Å²) in [6.45, 7) is 7.25. The minimum absolute atomic E-state index is 0.0759. The van der Waals surface area contributed by atoms with Crippen LogP contribution in [-0.4, -0.2) is 61.0 Å². The van der Waals surface area contributed by atoms with Gasteiger partial charge in [0.25, 0.3) is 0 Å². The van der Waals surface area contributed by atoms with Crippen LogP contribution < -0.4 is 14.8 Å². The third-order valence-corrected chi connectivity index (χ3v) is 7.07. The SMILES string of the molecule is COc1ccc(CN2CC(=O)N3CC[C@@H](CC(=O)NC(C)C)[C@@H](/C=C\COc4ccccc4C2)C3)cc1. The summed E-state index contributed by atoms with van der Waals surface area (Å²) in [5, 5.41) is 3.01. The zero-order valence-corrected chi connectivity index (χ0v) is 22.2. The summed E-state index contributed by atoms with van der Waals surface area (Å²) in [5.41, 5.74) is 2.17. The maximum Gasteiger partial charge on any atom is 0.236 e. The second kappa shape index (κ2) is 12.8. The Bertz CT molecular complexity index is 1080. The van der Waals surface area contributed by atoms with Crippen LogP contribution in [0.3, 0.4) is 0 Å². The zero-order chi connectivity index (χ0) is 26.2. The molecule has 2 amide bonds. The number of benzene rings is 2. The lowest BCUT2D eigenvalue weighted by Crippen LogP contribution is -2.48. The van der Waals surface area contributed by atoms with Gasteiger partial charge in [0.2, 0.25) is 11.8 Å². The number of hydrogen-bond acceptors (Lipinski definition) is 5. The number of amides is 2. The molecule has 2 bridgehead atoms. The van der Waals surface area contributed by atoms with Crippen LogP contribution in [0.1, 0.15) is 37.8 Å². The second-order valence-corrected chi connectivity index (χ2v) is 10.3. The lowest BCUT2D eigenvalue weighted by atomic mass is 9.82. The minimum atomic E-state index is 0.0759. The molecule has 2 atom stereocenters. The van der Waals surface area contributed by atoms with Gasteiger partial charge in [-0.05, 0) is 55.9 Å². The fraction of sp³-hybridized carbons (Fsp3) is 0.467. The lowest BCUT2D eigenvalue weighted by molar-refractivity contribution is -0.135. The molecule has 0 aromatic heterocycles. The van der Waals surface area contributed by atoms with Crippen molar-refractivity contribution in [2.45, 2.75) is 45.8 Å². The molecule has 0 saturated carbocycles. The van der Waals surface area contributed by atoms with Gasteiger partial charge in [-0.25, -0.2) is 0 Å². The number of nitrogens with one attached hydrogen (secondary N) is 1. The molecule has 37 heavy (non-hydrogen) atoms. The highest BCUT2D eigenvalue weighted by Gasteiger charge is 2.32. The van der Waals surface area contributed by atoms with Crippen LogP contribution in [0, 0.1) is 11.8 Å². The number of fused-ring (bicyclic) bond motifs is 3. The van der Waals surface area contributed by atoms with Crippen LogP contribution in [-0.2, 0) is 22.7 Å². The van der Waals surface area contributed by atoms with Crippen LogP contribution in [0.5, 0.6) is 11.5 Å². The maximum absolute atomic E-state index is 13.5. The molecule has 198 valence electrons. The number of nitrogens with zero attached hydrogens (tertiary/aromatic N) is 2. The van der Waals surface area contributed by atoms with Crippen molar-refractivity contribution in [2.24, 2.45) is 11.8 Å². The molecule has 7 heteroatoms. The Hall–Kier alpha value is -3.32. The minimum Gasteiger partial charge on any atom is -0.497 e. The Morgan fingerprint density at radius 1 is 1.14 bits per heavy atom. The van der Waals surface area contributed by atoms with Crippen LogP contribution >= 0.6 is 0 Å². The number of rotatable bonds is 6. The van der Waals surface area contributed by atoms with E-state index in [1.807, 2.05) is 67.3 Å². The molecule has 1 fully saturated rings. The average Bonchev–Trinajstić information content (AvgIpc) is 2.88. The van der Waals surface area contributed by atoms with Crippen molar-refractivity contribution in [3.8, 4) is 11.5 Å². The van der Waals surface area contributed by atoms with Crippen molar-refractivity contribution in [3.05, 3.63) is 71.8 Å². The van der Waals surface area contributed by atoms with Crippen molar-refractivity contribution in [2.75, 3.05) is 33.4 Å². The van der Waals surface area contributed by atoms with Crippen molar-refractivity contribution >= 4 is 11.8 Å². The predicted octanol–water partition coefficient (Wildman–Crippen LogP) is 4.03. The van der Waals surface area contributed by atoms with Crippen LogP contribution in [0.2, 0.25) is 0 Å². The molecule has 2 heterocycles. The Balaban J connectivity index is 1.55. The Kier molecular flexibility index (Phi) is 9.23. The largest absolute Gasteiger partial charge is 0.497 e. The molecule has 7 nitrogen and oxygen atoms in total. The number of hydrogen-bond donors (Lipinski definition) is 1. The second-order valence-electron chi connectivity index (χ2n) is 10.3. The molecule has 0 radical (unpaired) electrons. The summed E-state index contributed by atoms with van der Waals surface area (Å²) in [4.78, 5) is 30.2. The summed E-state index contributed by atoms with van der Waals surface area (Å²) in [5.74, 6) is 2.15. The molecule has 2 aliphatic rings. The molecular formula is C30H39N3O4. The number of piperidine rings is 1. The summed E-state index contributed by atoms with van der Waals surface area (Å²) in [7, 11) is 1.66. The highest BCUT2D eigenvalue weighted by molar-refractivity contribution is 5.79. The molecule has 2 aromatic carbocycles. The summed E-state index contributed by atoms with van der Waals surface area (Å²) in [6.07, 6.45) is 5.46. The van der Waals surface area contributed by atoms with Gasteiger partial charge in [-0.2, -0.15) is 0 Å². The van der Waals surface area contributed by atoms with Crippen molar-refractivity contribution in [1.82, 2.24) is 15.1 Å². The molecule has 1 saturated heterocycles. The molecular weight excluding hydrogens is 466 g/mol. The Labute approximate surface area is 220 Å². The van der Waals surface area contributed by atoms with Gasteiger partial charge < -0.3 is 19.7 Å². The van der Waals surface area contributed by atoms with Gasteiger partial charge in [0, 0.05) is 44.2 Å². The quantitative estimate of drug-likeness (QED) is 0.601. The molecule has 0 aliphatic carbocycles. The van der Waals surface area contributed by atoms with Gasteiger partial charge in [-0.3, -0.25) is 14.5 Å². The monoisotopic (exact) mass is 505 g/mol. The van der Waals surface area contributed by atoms with Gasteiger partial charge >= 0.3 is 0 Å². The topological polar surface area (TPSA) is 71.1 Å². The van der Waals surface area contributed by atoms with Gasteiger partial charge in [-0.15, -0.1) is 0 Å². The zero-order valence-electron chi connectivity index (χ0n) is 22.2. The van der Waals surface area contributed by atoms with Crippen LogP contribution in [0.25, 0.3) is 0 Å². The van der Waals surface area contributed by atoms with E-state index in [2.05, 4.69) is 22.4 Å². The summed E-state index contributed by atoms with van der Waals surface area (Å²) < 4.78 is 11.5. The molecule has 0 spiro atoms. The first-order valence-corrected chi connectivity index (χ1v) is 13.2. The van der Waals surface area contributed by atoms with Gasteiger partial charge in [0.1, 0.15) is 18.1 Å². The number of carbonyl (C=O) groups is 2. The fourth-order valence-electron chi connectivity index (χ4n) is 5.18. The van der Waals surface area contributed by atoms with E-state index in [1.54, 1.807) is 7.11 Å². The standard InChI is InChI=1S/C30H39N3O4/c1-22(2)31-29(34)17-24-14-15-33-20-25(24)8-6-16-37-28-9-5-4-7-26(28)19-32(21-30(33)35)18-23-10-12-27(36-3)13-11-23/h4-13,22,24-25H,14-21H2,1-3H3,(H,31,34)/b8-6-/t24-,25-/m0/s1. The third-order valence-electron chi connectivity index (χ3n) is 7.07. The number of para-hydroxylation sites is 1. The molecule has 0 unspecified atom stereocenters. The summed E-state index contributed by atoms with van der Waals surface area (Å²) in [6, 6.07) is 16.1. The van der Waals surface area contributed by atoms with E-state index in [0.29, 0.717) is 45.8 Å². The van der Waals surface area contributed by atoms with Gasteiger partial charge in [0.15, 0.2) is 0 Å². The molecule has 1 N–H and O–H groups in total. The average molecular weight is 506 g/mol. The molecule has 4 rings (SSSR count). The van der Waals surface area contributed by atoms with E-state index < -0.39 is 0 Å². The molecule has 2 aliphatic heterocycles. The first-order valence-electron chi connectivity index (χ1n) is 13.2. The predicted molar refractivity (Wildman–Crippen MR) is 144 cm³/mol. The van der Waals surface area contributed by atoms with Crippen LogP contribution in [0.4, 0.5) is 0 Å². The van der Waals surface area contributed by atoms with Crippen molar-refractivity contribution < 1.29 is 19.1 Å². The fourth-order valence-corrected chi connectivity index (χ4v) is 5.18. The Morgan fingerprint density at radius 2 is 1.92 bits per heavy atom. The smallest absolute Gasteiger partial charge is 0.236 e. The highest BCUT2D eigenvalue weighted by Crippen LogP contribution is 2.29. The highest BCUT2D eigenvalue weighted by atomic mass is 16.5. The van der Waals surface area contributed by atoms with E-state index >= 15 is 0 Å².